The van der Waals surface area contributed by atoms with Crippen LogP contribution in [0.3, 0.4) is 0 Å². The lowest BCUT2D eigenvalue weighted by Gasteiger charge is -2.09. The molecule has 0 rings (SSSR count). The summed E-state index contributed by atoms with van der Waals surface area (Å²) in [4.78, 5) is 10.6. The summed E-state index contributed by atoms with van der Waals surface area (Å²) in [7, 11) is 0. The smallest absolute Gasteiger partial charge is 0.302 e. The quantitative estimate of drug-likeness (QED) is 0.203. The molecule has 21 heavy (non-hydrogen) atoms. The summed E-state index contributed by atoms with van der Waals surface area (Å²) >= 11 is 6.34. The fraction of sp³-hybridized carbons (Fsp3) is 0.944. The highest BCUT2D eigenvalue weighted by Gasteiger charge is 2.03. The van der Waals surface area contributed by atoms with Crippen LogP contribution in [0.15, 0.2) is 0 Å². The molecule has 0 aromatic heterocycles. The number of hydrogen-bond donors (Lipinski definition) is 0. The molecule has 126 valence electrons. The predicted octanol–water partition coefficient (Wildman–Crippen LogP) is 6.25. The Balaban J connectivity index is 3.12. The summed E-state index contributed by atoms with van der Waals surface area (Å²) in [6.07, 6.45) is 16.3. The zero-order valence-corrected chi connectivity index (χ0v) is 14.9. The number of carbonyl (C=O) groups excluding carboxylic acids is 1. The molecule has 0 heterocycles. The maximum atomic E-state index is 10.6. The molecule has 0 N–H and O–H groups in total. The average molecular weight is 319 g/mol. The SMILES string of the molecule is CCCCCCC(Cl)CCCCCCCCCOC(C)=O. The Labute approximate surface area is 137 Å². The molecule has 2 nitrogen and oxygen atoms in total. The van der Waals surface area contributed by atoms with Gasteiger partial charge in [0.1, 0.15) is 0 Å². The Hall–Kier alpha value is -0.240. The van der Waals surface area contributed by atoms with Gasteiger partial charge in [-0.15, -0.1) is 11.6 Å². The topological polar surface area (TPSA) is 26.3 Å². The number of alkyl halides is 1. The molecule has 0 amide bonds. The van der Waals surface area contributed by atoms with Gasteiger partial charge in [-0.2, -0.15) is 0 Å². The van der Waals surface area contributed by atoms with E-state index in [0.717, 1.165) is 6.42 Å². The van der Waals surface area contributed by atoms with Gasteiger partial charge in [0.2, 0.25) is 0 Å². The first-order valence-electron chi connectivity index (χ1n) is 8.94. The van der Waals surface area contributed by atoms with Crippen LogP contribution in [0.2, 0.25) is 0 Å². The number of hydrogen-bond acceptors (Lipinski definition) is 2. The second kappa shape index (κ2) is 16.1. The van der Waals surface area contributed by atoms with Crippen LogP contribution < -0.4 is 0 Å². The van der Waals surface area contributed by atoms with E-state index in [9.17, 15) is 4.79 Å². The lowest BCUT2D eigenvalue weighted by molar-refractivity contribution is -0.141. The minimum Gasteiger partial charge on any atom is -0.466 e. The molecule has 1 atom stereocenters. The van der Waals surface area contributed by atoms with Crippen molar-refractivity contribution in [3.05, 3.63) is 0 Å². The molecular weight excluding hydrogens is 284 g/mol. The third kappa shape index (κ3) is 17.7. The van der Waals surface area contributed by atoms with Crippen LogP contribution in [0.4, 0.5) is 0 Å². The van der Waals surface area contributed by atoms with Crippen molar-refractivity contribution >= 4 is 17.6 Å². The second-order valence-electron chi connectivity index (χ2n) is 6.05. The summed E-state index contributed by atoms with van der Waals surface area (Å²) in [6, 6.07) is 0. The molecular formula is C18H35ClO2. The van der Waals surface area contributed by atoms with Crippen molar-refractivity contribution in [1.82, 2.24) is 0 Å². The third-order valence-corrected chi connectivity index (χ3v) is 4.27. The van der Waals surface area contributed by atoms with E-state index in [1.54, 1.807) is 0 Å². The Morgan fingerprint density at radius 1 is 0.857 bits per heavy atom. The van der Waals surface area contributed by atoms with E-state index in [1.165, 1.54) is 84.0 Å². The highest BCUT2D eigenvalue weighted by atomic mass is 35.5. The van der Waals surface area contributed by atoms with Crippen LogP contribution in [0.1, 0.15) is 97.3 Å². The number of unbranched alkanes of at least 4 members (excludes halogenated alkanes) is 9. The standard InChI is InChI=1S/C18H35ClO2/c1-3-4-5-11-14-18(19)15-12-9-7-6-8-10-13-16-21-17(2)20/h18H,3-16H2,1-2H3. The van der Waals surface area contributed by atoms with Gasteiger partial charge >= 0.3 is 5.97 Å². The molecule has 0 bridgehead atoms. The maximum Gasteiger partial charge on any atom is 0.302 e. The predicted molar refractivity (Wildman–Crippen MR) is 92.0 cm³/mol. The van der Waals surface area contributed by atoms with Gasteiger partial charge in [0.05, 0.1) is 6.61 Å². The zero-order valence-electron chi connectivity index (χ0n) is 14.2. The van der Waals surface area contributed by atoms with Crippen molar-refractivity contribution in [2.24, 2.45) is 0 Å². The first kappa shape index (κ1) is 20.8. The summed E-state index contributed by atoms with van der Waals surface area (Å²) in [5, 5.41) is 0.394. The number of esters is 1. The van der Waals surface area contributed by atoms with E-state index in [2.05, 4.69) is 6.92 Å². The molecule has 0 aromatic carbocycles. The minimum absolute atomic E-state index is 0.166. The summed E-state index contributed by atoms with van der Waals surface area (Å²) in [5.74, 6) is -0.166. The summed E-state index contributed by atoms with van der Waals surface area (Å²) < 4.78 is 4.91. The van der Waals surface area contributed by atoms with Crippen molar-refractivity contribution in [1.29, 1.82) is 0 Å². The lowest BCUT2D eigenvalue weighted by atomic mass is 10.0. The van der Waals surface area contributed by atoms with Gasteiger partial charge in [-0.25, -0.2) is 0 Å². The largest absolute Gasteiger partial charge is 0.466 e. The number of rotatable bonds is 15. The average Bonchev–Trinajstić information content (AvgIpc) is 2.45. The summed E-state index contributed by atoms with van der Waals surface area (Å²) in [6.45, 7) is 4.30. The zero-order chi connectivity index (χ0) is 15.8. The van der Waals surface area contributed by atoms with E-state index < -0.39 is 0 Å². The highest BCUT2D eigenvalue weighted by Crippen LogP contribution is 2.17. The molecule has 0 aliphatic carbocycles. The highest BCUT2D eigenvalue weighted by molar-refractivity contribution is 6.20. The Bertz CT molecular complexity index is 231. The minimum atomic E-state index is -0.166. The Morgan fingerprint density at radius 2 is 1.33 bits per heavy atom. The molecule has 0 spiro atoms. The molecule has 0 aromatic rings. The van der Waals surface area contributed by atoms with E-state index in [-0.39, 0.29) is 5.97 Å². The first-order valence-corrected chi connectivity index (χ1v) is 9.38. The van der Waals surface area contributed by atoms with E-state index >= 15 is 0 Å². The van der Waals surface area contributed by atoms with Crippen LogP contribution in [0, 0.1) is 0 Å². The van der Waals surface area contributed by atoms with Crippen molar-refractivity contribution in [2.75, 3.05) is 6.61 Å². The molecule has 0 aliphatic heterocycles. The van der Waals surface area contributed by atoms with Crippen molar-refractivity contribution < 1.29 is 9.53 Å². The maximum absolute atomic E-state index is 10.6. The molecule has 3 heteroatoms. The number of halogens is 1. The van der Waals surface area contributed by atoms with Gasteiger partial charge in [-0.05, 0) is 19.3 Å². The van der Waals surface area contributed by atoms with Crippen LogP contribution in [-0.2, 0) is 9.53 Å². The number of ether oxygens (including phenoxy) is 1. The van der Waals surface area contributed by atoms with Crippen molar-refractivity contribution in [3.63, 3.8) is 0 Å². The van der Waals surface area contributed by atoms with Gasteiger partial charge in [0.15, 0.2) is 0 Å². The normalized spacial score (nSPS) is 12.3. The molecule has 1 unspecified atom stereocenters. The van der Waals surface area contributed by atoms with Crippen LogP contribution >= 0.6 is 11.6 Å². The van der Waals surface area contributed by atoms with Gasteiger partial charge < -0.3 is 4.74 Å². The monoisotopic (exact) mass is 318 g/mol. The van der Waals surface area contributed by atoms with Gasteiger partial charge in [-0.1, -0.05) is 71.1 Å². The summed E-state index contributed by atoms with van der Waals surface area (Å²) in [5.41, 5.74) is 0. The first-order chi connectivity index (χ1) is 10.2. The molecule has 0 saturated carbocycles. The van der Waals surface area contributed by atoms with Gasteiger partial charge in [0, 0.05) is 12.3 Å². The van der Waals surface area contributed by atoms with E-state index in [4.69, 9.17) is 16.3 Å². The lowest BCUT2D eigenvalue weighted by Crippen LogP contribution is -2.00. The third-order valence-electron chi connectivity index (χ3n) is 3.84. The van der Waals surface area contributed by atoms with Gasteiger partial charge in [0.25, 0.3) is 0 Å². The molecule has 0 aliphatic rings. The molecule has 0 radical (unpaired) electrons. The van der Waals surface area contributed by atoms with Gasteiger partial charge in [-0.3, -0.25) is 4.79 Å². The fourth-order valence-corrected chi connectivity index (χ4v) is 2.81. The second-order valence-corrected chi connectivity index (χ2v) is 6.67. The van der Waals surface area contributed by atoms with Crippen molar-refractivity contribution in [3.8, 4) is 0 Å². The Morgan fingerprint density at radius 3 is 1.86 bits per heavy atom. The van der Waals surface area contributed by atoms with Crippen molar-refractivity contribution in [2.45, 2.75) is 103 Å². The molecule has 0 saturated heterocycles. The Kier molecular flexibility index (Phi) is 16.0. The fourth-order valence-electron chi connectivity index (χ4n) is 2.50. The molecule has 0 fully saturated rings. The van der Waals surface area contributed by atoms with E-state index in [0.29, 0.717) is 12.0 Å². The van der Waals surface area contributed by atoms with E-state index in [1.807, 2.05) is 0 Å². The number of carbonyl (C=O) groups is 1. The van der Waals surface area contributed by atoms with Crippen LogP contribution in [0.25, 0.3) is 0 Å². The van der Waals surface area contributed by atoms with Crippen LogP contribution in [0.5, 0.6) is 0 Å². The van der Waals surface area contributed by atoms with Crippen LogP contribution in [-0.4, -0.2) is 18.0 Å².